The number of hydrogen-bond donors (Lipinski definition) is 2. The Labute approximate surface area is 132 Å². The zero-order valence-corrected chi connectivity index (χ0v) is 13.7. The van der Waals surface area contributed by atoms with Crippen LogP contribution in [0.25, 0.3) is 0 Å². The molecule has 0 aliphatic rings. The van der Waals surface area contributed by atoms with Crippen LogP contribution in [0.2, 0.25) is 0 Å². The molecular formula is C18H24N4. The lowest BCUT2D eigenvalue weighted by atomic mass is 9.83. The molecule has 4 heteroatoms. The minimum absolute atomic E-state index is 0.0491. The van der Waals surface area contributed by atoms with Gasteiger partial charge in [-0.15, -0.1) is 0 Å². The summed E-state index contributed by atoms with van der Waals surface area (Å²) in [5.74, 6) is 0.0491. The van der Waals surface area contributed by atoms with Gasteiger partial charge in [-0.25, -0.2) is 4.99 Å². The zero-order chi connectivity index (χ0) is 16.4. The van der Waals surface area contributed by atoms with Crippen LogP contribution in [0, 0.1) is 0 Å². The van der Waals surface area contributed by atoms with E-state index in [4.69, 9.17) is 11.5 Å². The first-order valence-electron chi connectivity index (χ1n) is 7.37. The summed E-state index contributed by atoms with van der Waals surface area (Å²) in [5.41, 5.74) is 13.8. The van der Waals surface area contributed by atoms with Crippen LogP contribution in [0.4, 0.5) is 0 Å². The van der Waals surface area contributed by atoms with Crippen LogP contribution in [-0.2, 0) is 11.0 Å². The van der Waals surface area contributed by atoms with Gasteiger partial charge in [0.05, 0.1) is 5.69 Å². The molecule has 22 heavy (non-hydrogen) atoms. The van der Waals surface area contributed by atoms with Crippen LogP contribution >= 0.6 is 0 Å². The zero-order valence-electron chi connectivity index (χ0n) is 13.7. The number of guanidine groups is 1. The van der Waals surface area contributed by atoms with Crippen molar-refractivity contribution in [2.45, 2.75) is 38.6 Å². The summed E-state index contributed by atoms with van der Waals surface area (Å²) in [6.07, 6.45) is 1.75. The van der Waals surface area contributed by atoms with Crippen LogP contribution in [0.5, 0.6) is 0 Å². The maximum atomic E-state index is 5.65. The number of benzene rings is 1. The SMILES string of the molecule is CC(C)(C)c1ccc(C(C)(N=C(N)N)c2ccccn2)cc1. The van der Waals surface area contributed by atoms with Crippen molar-refractivity contribution >= 4 is 5.96 Å². The van der Waals surface area contributed by atoms with E-state index >= 15 is 0 Å². The first-order chi connectivity index (χ1) is 10.2. The Morgan fingerprint density at radius 3 is 1.95 bits per heavy atom. The summed E-state index contributed by atoms with van der Waals surface area (Å²) in [7, 11) is 0. The van der Waals surface area contributed by atoms with Crippen molar-refractivity contribution in [3.8, 4) is 0 Å². The second kappa shape index (κ2) is 5.79. The second-order valence-electron chi connectivity index (χ2n) is 6.65. The molecule has 1 unspecified atom stereocenters. The maximum Gasteiger partial charge on any atom is 0.187 e. The van der Waals surface area contributed by atoms with E-state index in [-0.39, 0.29) is 11.4 Å². The van der Waals surface area contributed by atoms with Crippen LogP contribution in [0.3, 0.4) is 0 Å². The number of aromatic nitrogens is 1. The third kappa shape index (κ3) is 3.27. The highest BCUT2D eigenvalue weighted by molar-refractivity contribution is 5.76. The number of aliphatic imine (C=N–C) groups is 1. The fraction of sp³-hybridized carbons (Fsp3) is 0.333. The van der Waals surface area contributed by atoms with Crippen LogP contribution in [0.15, 0.2) is 53.7 Å². The van der Waals surface area contributed by atoms with Crippen molar-refractivity contribution in [3.63, 3.8) is 0 Å². The van der Waals surface area contributed by atoms with E-state index < -0.39 is 5.54 Å². The van der Waals surface area contributed by atoms with E-state index in [1.807, 2.05) is 25.1 Å². The van der Waals surface area contributed by atoms with Crippen molar-refractivity contribution in [1.82, 2.24) is 4.98 Å². The highest BCUT2D eigenvalue weighted by atomic mass is 15.0. The molecule has 0 saturated carbocycles. The van der Waals surface area contributed by atoms with Gasteiger partial charge in [-0.2, -0.15) is 0 Å². The summed E-state index contributed by atoms with van der Waals surface area (Å²) in [5, 5.41) is 0. The van der Waals surface area contributed by atoms with E-state index in [2.05, 4.69) is 55.0 Å². The molecule has 0 saturated heterocycles. The predicted octanol–water partition coefficient (Wildman–Crippen LogP) is 2.92. The van der Waals surface area contributed by atoms with Crippen molar-refractivity contribution in [2.75, 3.05) is 0 Å². The van der Waals surface area contributed by atoms with Gasteiger partial charge >= 0.3 is 0 Å². The lowest BCUT2D eigenvalue weighted by Gasteiger charge is -2.27. The molecule has 4 N–H and O–H groups in total. The van der Waals surface area contributed by atoms with E-state index in [1.54, 1.807) is 6.20 Å². The van der Waals surface area contributed by atoms with Crippen LogP contribution in [0.1, 0.15) is 44.5 Å². The van der Waals surface area contributed by atoms with Gasteiger partial charge in [-0.3, -0.25) is 4.98 Å². The summed E-state index contributed by atoms with van der Waals surface area (Å²) >= 11 is 0. The molecule has 1 atom stereocenters. The predicted molar refractivity (Wildman–Crippen MR) is 91.6 cm³/mol. The van der Waals surface area contributed by atoms with Crippen LogP contribution < -0.4 is 11.5 Å². The standard InChI is InChI=1S/C18H24N4/c1-17(2,3)13-8-10-14(11-9-13)18(4,22-16(19)20)15-7-5-6-12-21-15/h5-12H,1-4H3,(H4,19,20,22). The molecule has 0 fully saturated rings. The molecule has 1 aromatic heterocycles. The molecule has 0 aliphatic heterocycles. The van der Waals surface area contributed by atoms with E-state index in [0.29, 0.717) is 0 Å². The summed E-state index contributed by atoms with van der Waals surface area (Å²) < 4.78 is 0. The maximum absolute atomic E-state index is 5.65. The fourth-order valence-corrected chi connectivity index (χ4v) is 2.47. The molecule has 2 aromatic rings. The summed E-state index contributed by atoms with van der Waals surface area (Å²) in [6, 6.07) is 14.1. The average Bonchev–Trinajstić information content (AvgIpc) is 2.46. The third-order valence-corrected chi connectivity index (χ3v) is 3.83. The third-order valence-electron chi connectivity index (χ3n) is 3.83. The Morgan fingerprint density at radius 2 is 1.50 bits per heavy atom. The molecular weight excluding hydrogens is 272 g/mol. The normalized spacial score (nSPS) is 14.2. The number of nitrogens with zero attached hydrogens (tertiary/aromatic N) is 2. The van der Waals surface area contributed by atoms with Crippen LogP contribution in [-0.4, -0.2) is 10.9 Å². The van der Waals surface area contributed by atoms with Crippen molar-refractivity contribution < 1.29 is 0 Å². The van der Waals surface area contributed by atoms with Crippen molar-refractivity contribution in [1.29, 1.82) is 0 Å². The molecule has 0 amide bonds. The Hall–Kier alpha value is -2.36. The molecule has 4 nitrogen and oxygen atoms in total. The largest absolute Gasteiger partial charge is 0.370 e. The Bertz CT molecular complexity index is 650. The lowest BCUT2D eigenvalue weighted by molar-refractivity contribution is 0.574. The number of nitrogens with two attached hydrogens (primary N) is 2. The molecule has 0 aliphatic carbocycles. The lowest BCUT2D eigenvalue weighted by Crippen LogP contribution is -2.31. The van der Waals surface area contributed by atoms with Gasteiger partial charge in [0.2, 0.25) is 0 Å². The Morgan fingerprint density at radius 1 is 0.909 bits per heavy atom. The van der Waals surface area contributed by atoms with E-state index in [0.717, 1.165) is 11.3 Å². The van der Waals surface area contributed by atoms with Gasteiger partial charge in [0, 0.05) is 6.20 Å². The monoisotopic (exact) mass is 296 g/mol. The minimum Gasteiger partial charge on any atom is -0.370 e. The number of rotatable bonds is 3. The molecule has 0 spiro atoms. The van der Waals surface area contributed by atoms with E-state index in [9.17, 15) is 0 Å². The van der Waals surface area contributed by atoms with Gasteiger partial charge < -0.3 is 11.5 Å². The van der Waals surface area contributed by atoms with Gasteiger partial charge in [-0.1, -0.05) is 51.1 Å². The van der Waals surface area contributed by atoms with E-state index in [1.165, 1.54) is 5.56 Å². The summed E-state index contributed by atoms with van der Waals surface area (Å²) in [4.78, 5) is 8.88. The first kappa shape index (κ1) is 16.0. The molecule has 0 bridgehead atoms. The topological polar surface area (TPSA) is 77.3 Å². The molecule has 2 rings (SSSR count). The van der Waals surface area contributed by atoms with Gasteiger partial charge in [-0.05, 0) is 35.6 Å². The molecule has 116 valence electrons. The summed E-state index contributed by atoms with van der Waals surface area (Å²) in [6.45, 7) is 8.54. The molecule has 0 radical (unpaired) electrons. The van der Waals surface area contributed by atoms with Crippen molar-refractivity contribution in [2.24, 2.45) is 16.5 Å². The van der Waals surface area contributed by atoms with Gasteiger partial charge in [0.1, 0.15) is 5.54 Å². The Kier molecular flexibility index (Phi) is 4.22. The molecule has 1 heterocycles. The fourth-order valence-electron chi connectivity index (χ4n) is 2.47. The second-order valence-corrected chi connectivity index (χ2v) is 6.65. The smallest absolute Gasteiger partial charge is 0.187 e. The number of pyridine rings is 1. The highest BCUT2D eigenvalue weighted by Crippen LogP contribution is 2.33. The van der Waals surface area contributed by atoms with Crippen molar-refractivity contribution in [3.05, 3.63) is 65.5 Å². The highest BCUT2D eigenvalue weighted by Gasteiger charge is 2.30. The molecule has 1 aromatic carbocycles. The van der Waals surface area contributed by atoms with Gasteiger partial charge in [0.15, 0.2) is 5.96 Å². The minimum atomic E-state index is -0.698. The Balaban J connectivity index is 2.54. The number of hydrogen-bond acceptors (Lipinski definition) is 2. The van der Waals surface area contributed by atoms with Gasteiger partial charge in [0.25, 0.3) is 0 Å². The first-order valence-corrected chi connectivity index (χ1v) is 7.37. The average molecular weight is 296 g/mol. The quantitative estimate of drug-likeness (QED) is 0.675.